The molecule has 1 aromatic carbocycles. The van der Waals surface area contributed by atoms with Gasteiger partial charge in [0.05, 0.1) is 5.52 Å². The minimum absolute atomic E-state index is 0.0585. The Labute approximate surface area is 89.1 Å². The first-order chi connectivity index (χ1) is 7.75. The predicted octanol–water partition coefficient (Wildman–Crippen LogP) is -0.266. The smallest absolute Gasteiger partial charge is 0.249 e. The largest absolute Gasteiger partial charge is 0.368 e. The number of hydrogen-bond donors (Lipinski definition) is 2. The van der Waals surface area contributed by atoms with Crippen molar-refractivity contribution >= 4 is 22.5 Å². The molecular formula is C9H7N7. The highest BCUT2D eigenvalue weighted by atomic mass is 15.4. The van der Waals surface area contributed by atoms with Crippen molar-refractivity contribution in [2.24, 2.45) is 0 Å². The van der Waals surface area contributed by atoms with Gasteiger partial charge in [0.1, 0.15) is 0 Å². The lowest BCUT2D eigenvalue weighted by molar-refractivity contribution is 0.726. The maximum Gasteiger partial charge on any atom is 0.249 e. The van der Waals surface area contributed by atoms with Crippen LogP contribution in [0.3, 0.4) is 0 Å². The zero-order valence-electron chi connectivity index (χ0n) is 8.12. The summed E-state index contributed by atoms with van der Waals surface area (Å²) in [4.78, 5) is 7.77. The van der Waals surface area contributed by atoms with Gasteiger partial charge < -0.3 is 5.73 Å². The second kappa shape index (κ2) is 2.96. The molecule has 0 aliphatic rings. The highest BCUT2D eigenvalue weighted by molar-refractivity contribution is 5.90. The molecule has 3 N–H and O–H groups in total. The third kappa shape index (κ3) is 1.11. The second-order valence-electron chi connectivity index (χ2n) is 3.25. The number of nitrogens with two attached hydrogens (primary N) is 1. The highest BCUT2D eigenvalue weighted by Crippen LogP contribution is 2.13. The molecule has 3 aromatic rings. The van der Waals surface area contributed by atoms with Gasteiger partial charge in [0.15, 0.2) is 5.65 Å². The van der Waals surface area contributed by atoms with E-state index in [1.54, 1.807) is 0 Å². The van der Waals surface area contributed by atoms with Crippen LogP contribution in [0.25, 0.3) is 16.6 Å². The van der Waals surface area contributed by atoms with Gasteiger partial charge >= 0.3 is 0 Å². The highest BCUT2D eigenvalue weighted by Gasteiger charge is 2.05. The van der Waals surface area contributed by atoms with E-state index in [1.807, 2.05) is 24.3 Å². The fourth-order valence-electron chi connectivity index (χ4n) is 1.54. The van der Waals surface area contributed by atoms with Crippen LogP contribution in [0.2, 0.25) is 0 Å². The van der Waals surface area contributed by atoms with Crippen LogP contribution in [0.4, 0.5) is 5.95 Å². The van der Waals surface area contributed by atoms with Crippen LogP contribution < -0.4 is 11.4 Å². The normalized spacial score (nSPS) is 11.0. The summed E-state index contributed by atoms with van der Waals surface area (Å²) in [5.74, 6) is 0.0585. The molecule has 2 heterocycles. The molecule has 0 aliphatic heterocycles. The van der Waals surface area contributed by atoms with E-state index in [9.17, 15) is 0 Å². The molecule has 0 bridgehead atoms. The maximum absolute atomic E-state index is 7.61. The fraction of sp³-hybridized carbons (Fsp3) is 0. The molecule has 0 saturated carbocycles. The van der Waals surface area contributed by atoms with Crippen LogP contribution in [-0.2, 0) is 0 Å². The number of hydrogen-bond acceptors (Lipinski definition) is 6. The molecule has 0 unspecified atom stereocenters. The molecule has 16 heavy (non-hydrogen) atoms. The van der Waals surface area contributed by atoms with Crippen molar-refractivity contribution < 1.29 is 0 Å². The summed E-state index contributed by atoms with van der Waals surface area (Å²) in [5, 5.41) is 16.2. The number of rotatable bonds is 0. The fourth-order valence-corrected chi connectivity index (χ4v) is 1.54. The van der Waals surface area contributed by atoms with Crippen molar-refractivity contribution in [3.05, 3.63) is 29.9 Å². The van der Waals surface area contributed by atoms with Gasteiger partial charge in [-0.05, 0) is 12.1 Å². The summed E-state index contributed by atoms with van der Waals surface area (Å²) < 4.78 is 1.25. The van der Waals surface area contributed by atoms with Gasteiger partial charge in [-0.15, -0.1) is 5.10 Å². The Morgan fingerprint density at radius 2 is 2.00 bits per heavy atom. The maximum atomic E-state index is 7.61. The number of nitrogen functional groups attached to an aromatic ring is 1. The van der Waals surface area contributed by atoms with Crippen molar-refractivity contribution in [2.45, 2.75) is 0 Å². The van der Waals surface area contributed by atoms with E-state index >= 15 is 0 Å². The zero-order chi connectivity index (χ0) is 11.1. The Hall–Kier alpha value is -2.57. The molecule has 2 aromatic heterocycles. The Morgan fingerprint density at radius 3 is 2.88 bits per heavy atom. The molecule has 3 rings (SSSR count). The predicted molar refractivity (Wildman–Crippen MR) is 56.4 cm³/mol. The Balaban J connectivity index is 2.65. The number of nitrogens with one attached hydrogen (secondary N) is 1. The summed E-state index contributed by atoms with van der Waals surface area (Å²) >= 11 is 0. The van der Waals surface area contributed by atoms with Crippen LogP contribution in [0, 0.1) is 5.41 Å². The molecule has 0 amide bonds. The second-order valence-corrected chi connectivity index (χ2v) is 3.25. The molecule has 0 radical (unpaired) electrons. The summed E-state index contributed by atoms with van der Waals surface area (Å²) in [6.45, 7) is 0. The van der Waals surface area contributed by atoms with E-state index in [2.05, 4.69) is 20.3 Å². The van der Waals surface area contributed by atoms with Crippen molar-refractivity contribution in [2.75, 3.05) is 5.73 Å². The molecule has 78 valence electrons. The quantitative estimate of drug-likeness (QED) is 0.500. The third-order valence-corrected chi connectivity index (χ3v) is 2.23. The summed E-state index contributed by atoms with van der Waals surface area (Å²) in [6.07, 6.45) is 0. The lowest BCUT2D eigenvalue weighted by Crippen LogP contribution is -2.23. The minimum atomic E-state index is -0.0826. The third-order valence-electron chi connectivity index (χ3n) is 2.23. The Bertz CT molecular complexity index is 746. The van der Waals surface area contributed by atoms with Gasteiger partial charge in [0.2, 0.25) is 11.6 Å². The van der Waals surface area contributed by atoms with Gasteiger partial charge in [-0.3, -0.25) is 5.41 Å². The van der Waals surface area contributed by atoms with E-state index in [0.29, 0.717) is 11.2 Å². The molecule has 7 nitrogen and oxygen atoms in total. The van der Waals surface area contributed by atoms with E-state index in [1.165, 1.54) is 4.52 Å². The van der Waals surface area contributed by atoms with Gasteiger partial charge in [0.25, 0.3) is 0 Å². The average molecular weight is 213 g/mol. The van der Waals surface area contributed by atoms with Crippen LogP contribution >= 0.6 is 0 Å². The number of anilines is 1. The number of benzene rings is 1. The van der Waals surface area contributed by atoms with Crippen LogP contribution in [0.5, 0.6) is 0 Å². The molecule has 0 fully saturated rings. The van der Waals surface area contributed by atoms with E-state index in [-0.39, 0.29) is 11.6 Å². The van der Waals surface area contributed by atoms with Crippen LogP contribution in [0.15, 0.2) is 24.3 Å². The van der Waals surface area contributed by atoms with E-state index < -0.39 is 0 Å². The van der Waals surface area contributed by atoms with Crippen LogP contribution in [0.1, 0.15) is 0 Å². The Morgan fingerprint density at radius 1 is 1.19 bits per heavy atom. The first-order valence-electron chi connectivity index (χ1n) is 4.58. The molecule has 0 aliphatic carbocycles. The first-order valence-corrected chi connectivity index (χ1v) is 4.58. The molecule has 0 saturated heterocycles. The Kier molecular flexibility index (Phi) is 1.61. The van der Waals surface area contributed by atoms with Crippen molar-refractivity contribution in [3.63, 3.8) is 0 Å². The van der Waals surface area contributed by atoms with E-state index in [0.717, 1.165) is 5.39 Å². The van der Waals surface area contributed by atoms with E-state index in [4.69, 9.17) is 11.1 Å². The topological polar surface area (TPSA) is 106 Å². The van der Waals surface area contributed by atoms with Crippen LogP contribution in [-0.4, -0.2) is 24.8 Å². The van der Waals surface area contributed by atoms with Crippen molar-refractivity contribution in [1.29, 1.82) is 5.41 Å². The van der Waals surface area contributed by atoms with Gasteiger partial charge in [-0.2, -0.15) is 14.5 Å². The van der Waals surface area contributed by atoms with Crippen molar-refractivity contribution in [3.8, 4) is 0 Å². The lowest BCUT2D eigenvalue weighted by Gasteiger charge is -2.02. The van der Waals surface area contributed by atoms with Gasteiger partial charge in [-0.1, -0.05) is 17.3 Å². The SMILES string of the molecule is N=c1nc(N)nc2c3ccccc3nnn12. The summed E-state index contributed by atoms with van der Waals surface area (Å²) in [7, 11) is 0. The minimum Gasteiger partial charge on any atom is -0.368 e. The van der Waals surface area contributed by atoms with Gasteiger partial charge in [-0.25, -0.2) is 0 Å². The summed E-state index contributed by atoms with van der Waals surface area (Å²) in [5.41, 5.74) is 6.63. The standard InChI is InChI=1S/C9H7N7/c10-8-12-7-5-3-1-2-4-6(5)14-15-16(7)9(11)13-8/h1-4H,(H3,10,11,13). The van der Waals surface area contributed by atoms with Crippen molar-refractivity contribution in [1.82, 2.24) is 24.8 Å². The number of nitrogens with zero attached hydrogens (tertiary/aromatic N) is 5. The molecule has 0 atom stereocenters. The molecule has 0 spiro atoms. The number of aromatic nitrogens is 5. The zero-order valence-corrected chi connectivity index (χ0v) is 8.12. The first kappa shape index (κ1) is 8.72. The average Bonchev–Trinajstić information content (AvgIpc) is 2.28. The molecule has 7 heteroatoms. The lowest BCUT2D eigenvalue weighted by atomic mass is 10.2. The monoisotopic (exact) mass is 213 g/mol. The van der Waals surface area contributed by atoms with Gasteiger partial charge in [0, 0.05) is 5.39 Å². The molecular weight excluding hydrogens is 206 g/mol. The number of fused-ring (bicyclic) bond motifs is 3. The summed E-state index contributed by atoms with van der Waals surface area (Å²) in [6, 6.07) is 7.40.